The molecule has 0 aliphatic carbocycles. The molecule has 5 rings (SSSR count). The van der Waals surface area contributed by atoms with Crippen LogP contribution in [0.4, 0.5) is 10.1 Å². The van der Waals surface area contributed by atoms with Crippen LogP contribution in [0.25, 0.3) is 5.57 Å². The van der Waals surface area contributed by atoms with Crippen LogP contribution in [0, 0.1) is 12.7 Å². The highest BCUT2D eigenvalue weighted by Crippen LogP contribution is 2.38. The third kappa shape index (κ3) is 3.95. The standard InChI is InChI=1S/C28H25FN2O2/c1-19-8-12-22(13-9-19)25-26(30-17-4-6-21-5-2-3-7-24(21)30)28(33)31(27(25)32)18-16-20-10-14-23(29)15-11-20/h2-3,5,7-15H,4,6,16-18H2,1H3. The molecule has 0 atom stereocenters. The van der Waals surface area contributed by atoms with Gasteiger partial charge in [0.1, 0.15) is 11.5 Å². The highest BCUT2D eigenvalue weighted by Gasteiger charge is 2.42. The fourth-order valence-corrected chi connectivity index (χ4v) is 4.66. The topological polar surface area (TPSA) is 40.6 Å². The number of hydrogen-bond acceptors (Lipinski definition) is 3. The number of imide groups is 1. The summed E-state index contributed by atoms with van der Waals surface area (Å²) in [5, 5.41) is 0. The Kier molecular flexibility index (Phi) is 5.55. The first-order valence-corrected chi connectivity index (χ1v) is 11.3. The number of benzene rings is 3. The van der Waals surface area contributed by atoms with Crippen molar-refractivity contribution >= 4 is 23.1 Å². The van der Waals surface area contributed by atoms with E-state index in [1.807, 2.05) is 54.3 Å². The lowest BCUT2D eigenvalue weighted by atomic mass is 9.98. The van der Waals surface area contributed by atoms with Crippen LogP contribution in [0.15, 0.2) is 78.5 Å². The molecule has 0 spiro atoms. The fourth-order valence-electron chi connectivity index (χ4n) is 4.66. The maximum atomic E-state index is 13.7. The molecule has 0 radical (unpaired) electrons. The Labute approximate surface area is 193 Å². The Morgan fingerprint density at radius 3 is 2.36 bits per heavy atom. The van der Waals surface area contributed by atoms with Gasteiger partial charge in [-0.1, -0.05) is 60.2 Å². The lowest BCUT2D eigenvalue weighted by molar-refractivity contribution is -0.136. The number of carbonyl (C=O) groups excluding carboxylic acids is 2. The van der Waals surface area contributed by atoms with Gasteiger partial charge in [-0.15, -0.1) is 0 Å². The lowest BCUT2D eigenvalue weighted by Crippen LogP contribution is -2.38. The van der Waals surface area contributed by atoms with Gasteiger partial charge in [-0.2, -0.15) is 0 Å². The number of fused-ring (bicyclic) bond motifs is 1. The maximum absolute atomic E-state index is 13.7. The summed E-state index contributed by atoms with van der Waals surface area (Å²) in [6.45, 7) is 2.93. The predicted molar refractivity (Wildman–Crippen MR) is 127 cm³/mol. The summed E-state index contributed by atoms with van der Waals surface area (Å²) in [6, 6.07) is 22.0. The van der Waals surface area contributed by atoms with Crippen molar-refractivity contribution in [2.45, 2.75) is 26.2 Å². The predicted octanol–water partition coefficient (Wildman–Crippen LogP) is 4.91. The molecule has 0 fully saturated rings. The lowest BCUT2D eigenvalue weighted by Gasteiger charge is -2.32. The molecule has 2 aliphatic rings. The first kappa shape index (κ1) is 21.1. The van der Waals surface area contributed by atoms with Gasteiger partial charge in [-0.25, -0.2) is 4.39 Å². The van der Waals surface area contributed by atoms with Crippen molar-refractivity contribution in [2.75, 3.05) is 18.0 Å². The van der Waals surface area contributed by atoms with Gasteiger partial charge in [-0.3, -0.25) is 14.5 Å². The van der Waals surface area contributed by atoms with Gasteiger partial charge in [0, 0.05) is 18.8 Å². The maximum Gasteiger partial charge on any atom is 0.278 e. The number of rotatable bonds is 5. The van der Waals surface area contributed by atoms with E-state index in [-0.39, 0.29) is 24.2 Å². The number of halogens is 1. The number of hydrogen-bond donors (Lipinski definition) is 0. The van der Waals surface area contributed by atoms with Crippen LogP contribution >= 0.6 is 0 Å². The number of amides is 2. The molecule has 0 unspecified atom stereocenters. The summed E-state index contributed by atoms with van der Waals surface area (Å²) in [5.41, 5.74) is 5.81. The fraction of sp³-hybridized carbons (Fsp3) is 0.214. The molecule has 2 amide bonds. The van der Waals surface area contributed by atoms with E-state index in [0.717, 1.165) is 35.2 Å². The van der Waals surface area contributed by atoms with Crippen molar-refractivity contribution in [1.29, 1.82) is 0 Å². The van der Waals surface area contributed by atoms with Gasteiger partial charge in [0.2, 0.25) is 0 Å². The average Bonchev–Trinajstić information content (AvgIpc) is 3.08. The van der Waals surface area contributed by atoms with E-state index in [9.17, 15) is 14.0 Å². The van der Waals surface area contributed by atoms with E-state index in [2.05, 4.69) is 6.07 Å². The second-order valence-electron chi connectivity index (χ2n) is 8.61. The molecule has 5 heteroatoms. The van der Waals surface area contributed by atoms with Crippen LogP contribution in [0.3, 0.4) is 0 Å². The first-order chi connectivity index (χ1) is 16.0. The summed E-state index contributed by atoms with van der Waals surface area (Å²) >= 11 is 0. The summed E-state index contributed by atoms with van der Waals surface area (Å²) < 4.78 is 13.3. The zero-order valence-electron chi connectivity index (χ0n) is 18.6. The number of carbonyl (C=O) groups is 2. The zero-order chi connectivity index (χ0) is 22.9. The average molecular weight is 441 g/mol. The van der Waals surface area contributed by atoms with E-state index in [4.69, 9.17) is 0 Å². The summed E-state index contributed by atoms with van der Waals surface area (Å²) in [6.07, 6.45) is 2.35. The highest BCUT2D eigenvalue weighted by atomic mass is 19.1. The number of aryl methyl sites for hydroxylation is 2. The molecule has 166 valence electrons. The van der Waals surface area contributed by atoms with Gasteiger partial charge >= 0.3 is 0 Å². The van der Waals surface area contributed by atoms with Gasteiger partial charge in [0.25, 0.3) is 11.8 Å². The van der Waals surface area contributed by atoms with E-state index in [1.54, 1.807) is 12.1 Å². The van der Waals surface area contributed by atoms with Crippen molar-refractivity contribution in [2.24, 2.45) is 0 Å². The van der Waals surface area contributed by atoms with Crippen molar-refractivity contribution in [3.8, 4) is 0 Å². The Bertz CT molecular complexity index is 1250. The van der Waals surface area contributed by atoms with Crippen molar-refractivity contribution in [1.82, 2.24) is 4.90 Å². The number of para-hydroxylation sites is 1. The highest BCUT2D eigenvalue weighted by molar-refractivity contribution is 6.36. The van der Waals surface area contributed by atoms with Gasteiger partial charge in [0.15, 0.2) is 0 Å². The second kappa shape index (κ2) is 8.66. The van der Waals surface area contributed by atoms with E-state index in [1.165, 1.54) is 22.6 Å². The summed E-state index contributed by atoms with van der Waals surface area (Å²) in [7, 11) is 0. The molecule has 0 saturated heterocycles. The minimum Gasteiger partial charge on any atom is -0.336 e. The summed E-state index contributed by atoms with van der Waals surface area (Å²) in [4.78, 5) is 30.7. The van der Waals surface area contributed by atoms with Gasteiger partial charge < -0.3 is 4.90 Å². The van der Waals surface area contributed by atoms with Crippen LogP contribution in [0.1, 0.15) is 28.7 Å². The molecule has 33 heavy (non-hydrogen) atoms. The molecule has 3 aromatic rings. The van der Waals surface area contributed by atoms with Crippen LogP contribution in [0.5, 0.6) is 0 Å². The molecular weight excluding hydrogens is 415 g/mol. The molecule has 4 nitrogen and oxygen atoms in total. The molecule has 0 bridgehead atoms. The van der Waals surface area contributed by atoms with Crippen LogP contribution in [-0.2, 0) is 22.4 Å². The Hall–Kier alpha value is -3.73. The van der Waals surface area contributed by atoms with Gasteiger partial charge in [-0.05, 0) is 61.1 Å². The molecule has 0 saturated carbocycles. The zero-order valence-corrected chi connectivity index (χ0v) is 18.6. The molecule has 3 aromatic carbocycles. The molecule has 0 N–H and O–H groups in total. The van der Waals surface area contributed by atoms with E-state index in [0.29, 0.717) is 24.2 Å². The number of nitrogens with zero attached hydrogens (tertiary/aromatic N) is 2. The minimum atomic E-state index is -0.304. The van der Waals surface area contributed by atoms with Crippen LogP contribution < -0.4 is 4.90 Å². The normalized spacial score (nSPS) is 15.9. The van der Waals surface area contributed by atoms with Gasteiger partial charge in [0.05, 0.1) is 5.57 Å². The van der Waals surface area contributed by atoms with Crippen molar-refractivity contribution in [3.63, 3.8) is 0 Å². The number of anilines is 1. The largest absolute Gasteiger partial charge is 0.336 e. The van der Waals surface area contributed by atoms with E-state index < -0.39 is 0 Å². The second-order valence-corrected chi connectivity index (χ2v) is 8.61. The third-order valence-electron chi connectivity index (χ3n) is 6.40. The Morgan fingerprint density at radius 2 is 1.61 bits per heavy atom. The van der Waals surface area contributed by atoms with Crippen LogP contribution in [-0.4, -0.2) is 29.8 Å². The van der Waals surface area contributed by atoms with Crippen molar-refractivity contribution < 1.29 is 14.0 Å². The minimum absolute atomic E-state index is 0.248. The quantitative estimate of drug-likeness (QED) is 0.530. The first-order valence-electron chi connectivity index (χ1n) is 11.3. The van der Waals surface area contributed by atoms with E-state index >= 15 is 0 Å². The molecule has 0 aromatic heterocycles. The third-order valence-corrected chi connectivity index (χ3v) is 6.40. The monoisotopic (exact) mass is 440 g/mol. The Morgan fingerprint density at radius 1 is 0.879 bits per heavy atom. The van der Waals surface area contributed by atoms with Crippen molar-refractivity contribution in [3.05, 3.63) is 107 Å². The SMILES string of the molecule is Cc1ccc(C2=C(N3CCCc4ccccc43)C(=O)N(CCc3ccc(F)cc3)C2=O)cc1. The van der Waals surface area contributed by atoms with Crippen LogP contribution in [0.2, 0.25) is 0 Å². The Balaban J connectivity index is 1.54. The summed E-state index contributed by atoms with van der Waals surface area (Å²) in [5.74, 6) is -0.847. The molecular formula is C28H25FN2O2. The molecule has 2 heterocycles. The smallest absolute Gasteiger partial charge is 0.278 e. The molecule has 2 aliphatic heterocycles.